The lowest BCUT2D eigenvalue weighted by atomic mass is 9.75. The van der Waals surface area contributed by atoms with Crippen LogP contribution < -0.4 is 4.74 Å². The van der Waals surface area contributed by atoms with Crippen LogP contribution in [-0.4, -0.2) is 65.2 Å². The normalized spacial score (nSPS) is 26.7. The van der Waals surface area contributed by atoms with Crippen molar-refractivity contribution >= 4 is 5.91 Å². The molecule has 1 atom stereocenters. The highest BCUT2D eigenvalue weighted by atomic mass is 16.5. The van der Waals surface area contributed by atoms with Gasteiger partial charge in [0.2, 0.25) is 5.91 Å². The van der Waals surface area contributed by atoms with E-state index in [1.54, 1.807) is 11.8 Å². The highest BCUT2D eigenvalue weighted by Crippen LogP contribution is 2.37. The molecule has 2 aliphatic rings. The Morgan fingerprint density at radius 3 is 2.39 bits per heavy atom. The average molecular weight is 389 g/mol. The van der Waals surface area contributed by atoms with Gasteiger partial charge in [0.05, 0.1) is 6.54 Å². The van der Waals surface area contributed by atoms with E-state index >= 15 is 0 Å². The molecule has 1 N–H and O–H groups in total. The Labute approximate surface area is 169 Å². The van der Waals surface area contributed by atoms with Gasteiger partial charge in [-0.1, -0.05) is 31.5 Å². The molecule has 0 aromatic heterocycles. The summed E-state index contributed by atoms with van der Waals surface area (Å²) >= 11 is 0. The number of carbonyl (C=O) groups is 1. The zero-order valence-electron chi connectivity index (χ0n) is 17.9. The van der Waals surface area contributed by atoms with Crippen LogP contribution >= 0.6 is 0 Å². The van der Waals surface area contributed by atoms with Crippen molar-refractivity contribution < 1.29 is 14.6 Å². The Morgan fingerprint density at radius 1 is 1.14 bits per heavy atom. The summed E-state index contributed by atoms with van der Waals surface area (Å²) in [6.45, 7) is 10.9. The molecule has 1 amide bonds. The Kier molecular flexibility index (Phi) is 6.35. The minimum Gasteiger partial charge on any atom is -0.490 e. The van der Waals surface area contributed by atoms with Crippen LogP contribution in [0.15, 0.2) is 24.3 Å². The second kappa shape index (κ2) is 8.42. The van der Waals surface area contributed by atoms with Crippen LogP contribution in [0.1, 0.15) is 52.0 Å². The summed E-state index contributed by atoms with van der Waals surface area (Å²) in [6.07, 6.45) is 4.73. The highest BCUT2D eigenvalue weighted by Gasteiger charge is 2.40. The smallest absolute Gasteiger partial charge is 0.219 e. The number of benzene rings is 1. The SMILES string of the molecule is CC(=O)N1CCN(C2CCC(C)(C)CC2)CC(O)(COc2ccc(C)cc2)C1. The first-order chi connectivity index (χ1) is 13.2. The van der Waals surface area contributed by atoms with Gasteiger partial charge in [0.25, 0.3) is 0 Å². The van der Waals surface area contributed by atoms with Gasteiger partial charge >= 0.3 is 0 Å². The topological polar surface area (TPSA) is 53.0 Å². The molecule has 2 fully saturated rings. The number of carbonyl (C=O) groups excluding carboxylic acids is 1. The van der Waals surface area contributed by atoms with Crippen LogP contribution in [0.25, 0.3) is 0 Å². The van der Waals surface area contributed by atoms with E-state index in [2.05, 4.69) is 18.7 Å². The minimum atomic E-state index is -1.07. The molecule has 1 aromatic carbocycles. The Hall–Kier alpha value is -1.59. The van der Waals surface area contributed by atoms with Crippen molar-refractivity contribution in [3.05, 3.63) is 29.8 Å². The first-order valence-corrected chi connectivity index (χ1v) is 10.6. The number of nitrogens with zero attached hydrogens (tertiary/aromatic N) is 2. The summed E-state index contributed by atoms with van der Waals surface area (Å²) in [5.74, 6) is 0.768. The predicted octanol–water partition coefficient (Wildman–Crippen LogP) is 3.24. The lowest BCUT2D eigenvalue weighted by Gasteiger charge is -2.41. The standard InChI is InChI=1S/C23H36N2O3/c1-18-5-7-21(8-6-18)28-17-23(27)15-24(19(2)26)13-14-25(16-23)20-9-11-22(3,4)12-10-20/h5-8,20,27H,9-17H2,1-4H3. The largest absolute Gasteiger partial charge is 0.490 e. The molecular formula is C23H36N2O3. The predicted molar refractivity (Wildman–Crippen MR) is 111 cm³/mol. The third-order valence-corrected chi connectivity index (χ3v) is 6.44. The quantitative estimate of drug-likeness (QED) is 0.860. The molecule has 1 unspecified atom stereocenters. The molecule has 3 rings (SSSR count). The summed E-state index contributed by atoms with van der Waals surface area (Å²) in [6, 6.07) is 8.35. The van der Waals surface area contributed by atoms with Gasteiger partial charge in [0, 0.05) is 32.6 Å². The van der Waals surface area contributed by atoms with Gasteiger partial charge < -0.3 is 14.7 Å². The molecule has 1 aliphatic heterocycles. The second-order valence-corrected chi connectivity index (χ2v) is 9.63. The van der Waals surface area contributed by atoms with E-state index in [9.17, 15) is 9.90 Å². The Bertz CT molecular complexity index is 663. The molecule has 5 heteroatoms. The van der Waals surface area contributed by atoms with E-state index in [1.807, 2.05) is 31.2 Å². The van der Waals surface area contributed by atoms with Crippen molar-refractivity contribution in [2.45, 2.75) is 65.0 Å². The lowest BCUT2D eigenvalue weighted by Crippen LogP contribution is -2.53. The zero-order chi connectivity index (χ0) is 20.4. The first kappa shape index (κ1) is 21.1. The van der Waals surface area contributed by atoms with Crippen LogP contribution in [0.4, 0.5) is 0 Å². The van der Waals surface area contributed by atoms with Crippen molar-refractivity contribution in [1.82, 2.24) is 9.80 Å². The van der Waals surface area contributed by atoms with Crippen LogP contribution in [0.2, 0.25) is 0 Å². The molecule has 156 valence electrons. The number of β-amino-alcohol motifs (C(OH)–C–C–N with tert-alkyl or cyclic N) is 1. The maximum atomic E-state index is 12.1. The van der Waals surface area contributed by atoms with Gasteiger partial charge in [-0.15, -0.1) is 0 Å². The number of rotatable bonds is 4. The molecule has 1 saturated heterocycles. The van der Waals surface area contributed by atoms with E-state index in [-0.39, 0.29) is 12.5 Å². The Morgan fingerprint density at radius 2 is 1.79 bits per heavy atom. The second-order valence-electron chi connectivity index (χ2n) is 9.63. The van der Waals surface area contributed by atoms with Crippen LogP contribution in [-0.2, 0) is 4.79 Å². The summed E-state index contributed by atoms with van der Waals surface area (Å²) in [5.41, 5.74) is 0.522. The van der Waals surface area contributed by atoms with E-state index in [0.717, 1.165) is 25.1 Å². The van der Waals surface area contributed by atoms with Gasteiger partial charge in [-0.25, -0.2) is 0 Å². The van der Waals surface area contributed by atoms with E-state index in [1.165, 1.54) is 18.4 Å². The fraction of sp³-hybridized carbons (Fsp3) is 0.696. The molecule has 0 bridgehead atoms. The van der Waals surface area contributed by atoms with Gasteiger partial charge in [-0.05, 0) is 50.2 Å². The maximum absolute atomic E-state index is 12.1. The monoisotopic (exact) mass is 388 g/mol. The van der Waals surface area contributed by atoms with E-state index in [4.69, 9.17) is 4.74 Å². The third kappa shape index (κ3) is 5.48. The third-order valence-electron chi connectivity index (χ3n) is 6.44. The molecule has 0 spiro atoms. The van der Waals surface area contributed by atoms with E-state index < -0.39 is 5.60 Å². The highest BCUT2D eigenvalue weighted by molar-refractivity contribution is 5.73. The number of aliphatic hydroxyl groups is 1. The molecule has 1 aliphatic carbocycles. The van der Waals surface area contributed by atoms with Crippen molar-refractivity contribution in [2.75, 3.05) is 32.8 Å². The zero-order valence-corrected chi connectivity index (χ0v) is 17.9. The molecule has 1 heterocycles. The number of amides is 1. The molecular weight excluding hydrogens is 352 g/mol. The number of ether oxygens (including phenoxy) is 1. The van der Waals surface area contributed by atoms with Crippen molar-refractivity contribution in [3.8, 4) is 5.75 Å². The average Bonchev–Trinajstić information content (AvgIpc) is 2.81. The van der Waals surface area contributed by atoms with Crippen molar-refractivity contribution in [2.24, 2.45) is 5.41 Å². The van der Waals surface area contributed by atoms with Crippen molar-refractivity contribution in [3.63, 3.8) is 0 Å². The first-order valence-electron chi connectivity index (χ1n) is 10.6. The van der Waals surface area contributed by atoms with Gasteiger partial charge in [0.1, 0.15) is 18.0 Å². The molecule has 0 radical (unpaired) electrons. The molecule has 1 aromatic rings. The number of hydrogen-bond donors (Lipinski definition) is 1. The lowest BCUT2D eigenvalue weighted by molar-refractivity contribution is -0.132. The summed E-state index contributed by atoms with van der Waals surface area (Å²) in [5, 5.41) is 11.4. The molecule has 28 heavy (non-hydrogen) atoms. The van der Waals surface area contributed by atoms with Crippen LogP contribution in [0, 0.1) is 12.3 Å². The maximum Gasteiger partial charge on any atom is 0.219 e. The number of aryl methyl sites for hydroxylation is 1. The fourth-order valence-electron chi connectivity index (χ4n) is 4.46. The summed E-state index contributed by atoms with van der Waals surface area (Å²) < 4.78 is 5.94. The van der Waals surface area contributed by atoms with Gasteiger partial charge in [0.15, 0.2) is 0 Å². The van der Waals surface area contributed by atoms with Gasteiger partial charge in [-0.3, -0.25) is 9.69 Å². The van der Waals surface area contributed by atoms with Crippen LogP contribution in [0.5, 0.6) is 5.75 Å². The van der Waals surface area contributed by atoms with Crippen molar-refractivity contribution in [1.29, 1.82) is 0 Å². The van der Waals surface area contributed by atoms with Gasteiger partial charge in [-0.2, -0.15) is 0 Å². The Balaban J connectivity index is 1.70. The molecule has 1 saturated carbocycles. The van der Waals surface area contributed by atoms with Crippen LogP contribution in [0.3, 0.4) is 0 Å². The minimum absolute atomic E-state index is 0.0142. The summed E-state index contributed by atoms with van der Waals surface area (Å²) in [7, 11) is 0. The van der Waals surface area contributed by atoms with E-state index in [0.29, 0.717) is 31.1 Å². The fourth-order valence-corrected chi connectivity index (χ4v) is 4.46. The number of hydrogen-bond acceptors (Lipinski definition) is 4. The summed E-state index contributed by atoms with van der Waals surface area (Å²) in [4.78, 5) is 16.2. The molecule has 5 nitrogen and oxygen atoms in total.